The van der Waals surface area contributed by atoms with E-state index < -0.39 is 0 Å². The van der Waals surface area contributed by atoms with Crippen LogP contribution in [0.1, 0.15) is 61.3 Å². The Balaban J connectivity index is 1.89. The fraction of sp³-hybridized carbons (Fsp3) is 0.474. The SMILES string of the molecule is Nc1cccc2c1c(=O)c(C(=O)NC1CC1)cn2C1CCCCC1. The van der Waals surface area contributed by atoms with E-state index in [1.807, 2.05) is 12.1 Å². The summed E-state index contributed by atoms with van der Waals surface area (Å²) in [4.78, 5) is 25.4. The minimum Gasteiger partial charge on any atom is -0.398 e. The van der Waals surface area contributed by atoms with Crippen LogP contribution < -0.4 is 16.5 Å². The van der Waals surface area contributed by atoms with Gasteiger partial charge in [0, 0.05) is 24.0 Å². The van der Waals surface area contributed by atoms with Gasteiger partial charge in [0.05, 0.1) is 10.9 Å². The molecule has 2 aromatic rings. The summed E-state index contributed by atoms with van der Waals surface area (Å²) in [5, 5.41) is 3.41. The fourth-order valence-corrected chi connectivity index (χ4v) is 3.74. The van der Waals surface area contributed by atoms with Crippen molar-refractivity contribution in [1.82, 2.24) is 9.88 Å². The Labute approximate surface area is 140 Å². The second kappa shape index (κ2) is 5.96. The third-order valence-electron chi connectivity index (χ3n) is 5.22. The van der Waals surface area contributed by atoms with Crippen molar-refractivity contribution in [2.45, 2.75) is 57.0 Å². The minimum absolute atomic E-state index is 0.220. The van der Waals surface area contributed by atoms with Crippen molar-refractivity contribution in [1.29, 1.82) is 0 Å². The molecule has 0 spiro atoms. The monoisotopic (exact) mass is 325 g/mol. The molecule has 0 atom stereocenters. The van der Waals surface area contributed by atoms with Crippen molar-refractivity contribution in [3.63, 3.8) is 0 Å². The lowest BCUT2D eigenvalue weighted by Gasteiger charge is -2.27. The Hall–Kier alpha value is -2.30. The number of fused-ring (bicyclic) bond motifs is 1. The summed E-state index contributed by atoms with van der Waals surface area (Å²) in [5.74, 6) is -0.266. The highest BCUT2D eigenvalue weighted by Gasteiger charge is 2.27. The van der Waals surface area contributed by atoms with Crippen LogP contribution in [0.3, 0.4) is 0 Å². The molecule has 1 heterocycles. The summed E-state index contributed by atoms with van der Waals surface area (Å²) in [6.07, 6.45) is 9.54. The van der Waals surface area contributed by atoms with Gasteiger partial charge in [-0.2, -0.15) is 0 Å². The van der Waals surface area contributed by atoms with Gasteiger partial charge in [-0.15, -0.1) is 0 Å². The molecule has 0 bridgehead atoms. The van der Waals surface area contributed by atoms with Crippen LogP contribution in [0.25, 0.3) is 10.9 Å². The van der Waals surface area contributed by atoms with E-state index in [4.69, 9.17) is 5.73 Å². The smallest absolute Gasteiger partial charge is 0.256 e. The Morgan fingerprint density at radius 1 is 1.12 bits per heavy atom. The molecule has 2 aliphatic rings. The molecule has 2 aliphatic carbocycles. The number of anilines is 1. The molecule has 2 fully saturated rings. The standard InChI is InChI=1S/C19H23N3O2/c20-15-7-4-8-16-17(15)18(23)14(19(24)21-12-9-10-12)11-22(16)13-5-2-1-3-6-13/h4,7-8,11-13H,1-3,5-6,9-10,20H2,(H,21,24). The van der Waals surface area contributed by atoms with Crippen LogP contribution in [0.15, 0.2) is 29.2 Å². The topological polar surface area (TPSA) is 77.1 Å². The predicted molar refractivity (Wildman–Crippen MR) is 95.2 cm³/mol. The molecule has 2 saturated carbocycles. The lowest BCUT2D eigenvalue weighted by atomic mass is 9.94. The first-order valence-corrected chi connectivity index (χ1v) is 8.89. The van der Waals surface area contributed by atoms with Crippen molar-refractivity contribution in [2.75, 3.05) is 5.73 Å². The number of rotatable bonds is 3. The van der Waals surface area contributed by atoms with Gasteiger partial charge in [-0.05, 0) is 37.8 Å². The van der Waals surface area contributed by atoms with Crippen molar-refractivity contribution in [3.8, 4) is 0 Å². The number of carbonyl (C=O) groups is 1. The van der Waals surface area contributed by atoms with E-state index >= 15 is 0 Å². The summed E-state index contributed by atoms with van der Waals surface area (Å²) < 4.78 is 2.12. The van der Waals surface area contributed by atoms with Crippen molar-refractivity contribution < 1.29 is 4.79 Å². The number of benzene rings is 1. The van der Waals surface area contributed by atoms with Crippen LogP contribution in [0.4, 0.5) is 5.69 Å². The lowest BCUT2D eigenvalue weighted by Crippen LogP contribution is -2.32. The molecule has 0 aliphatic heterocycles. The van der Waals surface area contributed by atoms with Gasteiger partial charge in [0.2, 0.25) is 5.43 Å². The van der Waals surface area contributed by atoms with E-state index in [2.05, 4.69) is 9.88 Å². The van der Waals surface area contributed by atoms with Crippen LogP contribution >= 0.6 is 0 Å². The molecule has 1 aromatic carbocycles. The van der Waals surface area contributed by atoms with E-state index in [1.54, 1.807) is 12.3 Å². The van der Waals surface area contributed by atoms with E-state index in [-0.39, 0.29) is 22.9 Å². The van der Waals surface area contributed by atoms with Crippen molar-refractivity contribution in [3.05, 3.63) is 40.2 Å². The van der Waals surface area contributed by atoms with Gasteiger partial charge >= 0.3 is 0 Å². The Morgan fingerprint density at radius 2 is 1.88 bits per heavy atom. The molecular formula is C19H23N3O2. The number of amides is 1. The third kappa shape index (κ3) is 2.68. The summed E-state index contributed by atoms with van der Waals surface area (Å²) in [6, 6.07) is 6.10. The molecule has 5 heteroatoms. The lowest BCUT2D eigenvalue weighted by molar-refractivity contribution is 0.0949. The molecule has 1 amide bonds. The number of nitrogens with zero attached hydrogens (tertiary/aromatic N) is 1. The van der Waals surface area contributed by atoms with E-state index in [9.17, 15) is 9.59 Å². The zero-order chi connectivity index (χ0) is 16.7. The van der Waals surface area contributed by atoms with Crippen molar-refractivity contribution in [2.24, 2.45) is 0 Å². The maximum Gasteiger partial charge on any atom is 0.256 e. The first-order valence-electron chi connectivity index (χ1n) is 8.89. The first-order chi connectivity index (χ1) is 11.6. The molecule has 126 valence electrons. The summed E-state index contributed by atoms with van der Waals surface area (Å²) >= 11 is 0. The molecule has 0 radical (unpaired) electrons. The molecule has 0 unspecified atom stereocenters. The molecular weight excluding hydrogens is 302 g/mol. The highest BCUT2D eigenvalue weighted by molar-refractivity contribution is 6.00. The number of hydrogen-bond donors (Lipinski definition) is 2. The Morgan fingerprint density at radius 3 is 2.58 bits per heavy atom. The van der Waals surface area contributed by atoms with Gasteiger partial charge in [0.1, 0.15) is 5.56 Å². The number of nitrogens with two attached hydrogens (primary N) is 1. The first kappa shape index (κ1) is 15.2. The molecule has 4 rings (SSSR count). The van der Waals surface area contributed by atoms with E-state index in [0.29, 0.717) is 17.1 Å². The van der Waals surface area contributed by atoms with Gasteiger partial charge in [0.15, 0.2) is 0 Å². The number of aromatic nitrogens is 1. The quantitative estimate of drug-likeness (QED) is 0.852. The van der Waals surface area contributed by atoms with Gasteiger partial charge < -0.3 is 15.6 Å². The molecule has 3 N–H and O–H groups in total. The van der Waals surface area contributed by atoms with Gasteiger partial charge in [0.25, 0.3) is 5.91 Å². The van der Waals surface area contributed by atoms with E-state index in [1.165, 1.54) is 19.3 Å². The highest BCUT2D eigenvalue weighted by atomic mass is 16.2. The Bertz CT molecular complexity index is 846. The normalized spacial score (nSPS) is 18.7. The molecule has 1 aromatic heterocycles. The second-order valence-electron chi connectivity index (χ2n) is 7.06. The highest BCUT2D eigenvalue weighted by Crippen LogP contribution is 2.31. The minimum atomic E-state index is -0.266. The third-order valence-corrected chi connectivity index (χ3v) is 5.22. The van der Waals surface area contributed by atoms with Gasteiger partial charge in [-0.3, -0.25) is 9.59 Å². The zero-order valence-electron chi connectivity index (χ0n) is 13.8. The largest absolute Gasteiger partial charge is 0.398 e. The molecule has 0 saturated heterocycles. The molecule has 24 heavy (non-hydrogen) atoms. The van der Waals surface area contributed by atoms with E-state index in [0.717, 1.165) is 31.2 Å². The maximum atomic E-state index is 12.9. The summed E-state index contributed by atoms with van der Waals surface area (Å²) in [6.45, 7) is 0. The number of carbonyl (C=O) groups excluding carboxylic acids is 1. The maximum absolute atomic E-state index is 12.9. The van der Waals surface area contributed by atoms with Crippen LogP contribution in [-0.2, 0) is 0 Å². The van der Waals surface area contributed by atoms with Crippen molar-refractivity contribution >= 4 is 22.5 Å². The number of nitrogens with one attached hydrogen (secondary N) is 1. The zero-order valence-corrected chi connectivity index (χ0v) is 13.8. The van der Waals surface area contributed by atoms with Gasteiger partial charge in [-0.25, -0.2) is 0 Å². The van der Waals surface area contributed by atoms with Gasteiger partial charge in [-0.1, -0.05) is 25.3 Å². The predicted octanol–water partition coefficient (Wildman–Crippen LogP) is 2.98. The number of pyridine rings is 1. The summed E-state index contributed by atoms with van der Waals surface area (Å²) in [7, 11) is 0. The van der Waals surface area contributed by atoms with Crippen LogP contribution in [-0.4, -0.2) is 16.5 Å². The number of hydrogen-bond acceptors (Lipinski definition) is 3. The van der Waals surface area contributed by atoms with Crippen LogP contribution in [0.2, 0.25) is 0 Å². The summed E-state index contributed by atoms with van der Waals surface area (Å²) in [5.41, 5.74) is 7.35. The second-order valence-corrected chi connectivity index (χ2v) is 7.06. The Kier molecular flexibility index (Phi) is 3.79. The average Bonchev–Trinajstić information content (AvgIpc) is 3.40. The number of nitrogen functional groups attached to an aromatic ring is 1. The molecule has 5 nitrogen and oxygen atoms in total. The van der Waals surface area contributed by atoms with Crippen LogP contribution in [0.5, 0.6) is 0 Å². The average molecular weight is 325 g/mol. The fourth-order valence-electron chi connectivity index (χ4n) is 3.74. The van der Waals surface area contributed by atoms with Crippen LogP contribution in [0, 0.1) is 0 Å².